The first-order chi connectivity index (χ1) is 12.9. The highest BCUT2D eigenvalue weighted by Gasteiger charge is 2.32. The van der Waals surface area contributed by atoms with E-state index in [2.05, 4.69) is 0 Å². The third kappa shape index (κ3) is 3.28. The van der Waals surface area contributed by atoms with Crippen LogP contribution in [0.1, 0.15) is 60.1 Å². The number of hydrogen-bond acceptors (Lipinski definition) is 7. The largest absolute Gasteiger partial charge is 0.465 e. The fraction of sp³-hybridized carbons (Fsp3) is 0.316. The second-order valence-electron chi connectivity index (χ2n) is 6.05. The molecule has 0 bridgehead atoms. The number of ether oxygens (including phenoxy) is 3. The molecule has 142 valence electrons. The van der Waals surface area contributed by atoms with Crippen LogP contribution >= 0.6 is 11.3 Å². The predicted molar refractivity (Wildman–Crippen MR) is 98.8 cm³/mol. The van der Waals surface area contributed by atoms with E-state index in [1.165, 1.54) is 7.11 Å². The first kappa shape index (κ1) is 18.9. The van der Waals surface area contributed by atoms with Gasteiger partial charge in [-0.1, -0.05) is 13.0 Å². The number of methoxy groups -OCH3 is 1. The topological polar surface area (TPSA) is 105 Å². The first-order valence-corrected chi connectivity index (χ1v) is 9.15. The highest BCUT2D eigenvalue weighted by atomic mass is 32.1. The molecule has 1 aromatic heterocycles. The van der Waals surface area contributed by atoms with E-state index < -0.39 is 17.8 Å². The maximum atomic E-state index is 13.3. The van der Waals surface area contributed by atoms with Gasteiger partial charge < -0.3 is 19.9 Å². The Labute approximate surface area is 160 Å². The van der Waals surface area contributed by atoms with Crippen molar-refractivity contribution in [1.29, 1.82) is 0 Å². The van der Waals surface area contributed by atoms with Gasteiger partial charge in [0.2, 0.25) is 6.79 Å². The van der Waals surface area contributed by atoms with Crippen molar-refractivity contribution in [1.82, 2.24) is 0 Å². The van der Waals surface area contributed by atoms with Crippen molar-refractivity contribution >= 4 is 29.0 Å². The van der Waals surface area contributed by atoms with Gasteiger partial charge in [0.15, 0.2) is 17.3 Å². The van der Waals surface area contributed by atoms with Crippen molar-refractivity contribution < 1.29 is 28.6 Å². The van der Waals surface area contributed by atoms with Crippen LogP contribution in [0.3, 0.4) is 0 Å². The molecule has 1 aliphatic heterocycles. The summed E-state index contributed by atoms with van der Waals surface area (Å²) in [6, 6.07) is 5.32. The van der Waals surface area contributed by atoms with E-state index in [9.17, 15) is 14.4 Å². The first-order valence-electron chi connectivity index (χ1n) is 8.34. The maximum absolute atomic E-state index is 13.3. The van der Waals surface area contributed by atoms with E-state index in [1.54, 1.807) is 25.1 Å². The summed E-state index contributed by atoms with van der Waals surface area (Å²) in [5.41, 5.74) is 6.60. The van der Waals surface area contributed by atoms with Crippen molar-refractivity contribution in [3.05, 3.63) is 44.6 Å². The van der Waals surface area contributed by atoms with Gasteiger partial charge in [0, 0.05) is 5.92 Å². The smallest absolute Gasteiger partial charge is 0.339 e. The van der Waals surface area contributed by atoms with Crippen molar-refractivity contribution in [3.8, 4) is 11.5 Å². The lowest BCUT2D eigenvalue weighted by molar-refractivity contribution is 0.0596. The second-order valence-corrected chi connectivity index (χ2v) is 7.07. The van der Waals surface area contributed by atoms with Crippen LogP contribution in [-0.2, 0) is 4.74 Å². The lowest BCUT2D eigenvalue weighted by atomic mass is 9.89. The van der Waals surface area contributed by atoms with Crippen LogP contribution in [-0.4, -0.2) is 31.6 Å². The Kier molecular flexibility index (Phi) is 5.18. The number of primary amides is 1. The molecular formula is C19H19NO6S. The van der Waals surface area contributed by atoms with Crippen molar-refractivity contribution in [2.75, 3.05) is 13.9 Å². The molecule has 1 atom stereocenters. The Morgan fingerprint density at radius 3 is 2.56 bits per heavy atom. The summed E-state index contributed by atoms with van der Waals surface area (Å²) in [7, 11) is 1.23. The normalized spacial score (nSPS) is 13.3. The molecule has 8 heteroatoms. The lowest BCUT2D eigenvalue weighted by Gasteiger charge is -2.15. The van der Waals surface area contributed by atoms with Gasteiger partial charge in [0.1, 0.15) is 0 Å². The summed E-state index contributed by atoms with van der Waals surface area (Å²) in [5.74, 6) is -0.927. The molecule has 0 saturated carbocycles. The summed E-state index contributed by atoms with van der Waals surface area (Å²) in [6.45, 7) is 3.60. The van der Waals surface area contributed by atoms with Gasteiger partial charge in [-0.05, 0) is 36.6 Å². The molecule has 0 radical (unpaired) electrons. The SMILES string of the molecule is CCC(C(=O)c1sc(C(N)=O)c(C)c1C(=O)OC)c1ccc2c(c1)OCO2. The lowest BCUT2D eigenvalue weighted by Crippen LogP contribution is -2.15. The fourth-order valence-electron chi connectivity index (χ4n) is 3.13. The Morgan fingerprint density at radius 1 is 1.22 bits per heavy atom. The van der Waals surface area contributed by atoms with Gasteiger partial charge in [-0.3, -0.25) is 9.59 Å². The Balaban J connectivity index is 2.06. The molecule has 2 heterocycles. The average molecular weight is 389 g/mol. The summed E-state index contributed by atoms with van der Waals surface area (Å²) in [6.07, 6.45) is 0.502. The second kappa shape index (κ2) is 7.40. The van der Waals surface area contributed by atoms with Crippen molar-refractivity contribution in [3.63, 3.8) is 0 Å². The fourth-order valence-corrected chi connectivity index (χ4v) is 4.27. The molecule has 0 fully saturated rings. The van der Waals surface area contributed by atoms with Gasteiger partial charge in [-0.25, -0.2) is 4.79 Å². The number of carbonyl (C=O) groups is 3. The Bertz CT molecular complexity index is 933. The standard InChI is InChI=1S/C19H19NO6S/c1-4-11(10-5-6-12-13(7-10)26-8-25-12)15(21)17-14(19(23)24-3)9(2)16(27-17)18(20)22/h5-7,11H,4,8H2,1-3H3,(H2,20,22). The number of hydrogen-bond donors (Lipinski definition) is 1. The number of fused-ring (bicyclic) bond motifs is 1. The van der Waals surface area contributed by atoms with Gasteiger partial charge >= 0.3 is 5.97 Å². The molecule has 1 aliphatic rings. The monoisotopic (exact) mass is 389 g/mol. The number of amides is 1. The number of thiophene rings is 1. The minimum atomic E-state index is -0.683. The summed E-state index contributed by atoms with van der Waals surface area (Å²) >= 11 is 0.929. The zero-order chi connectivity index (χ0) is 19.7. The molecule has 1 unspecified atom stereocenters. The molecule has 2 N–H and O–H groups in total. The van der Waals surface area contributed by atoms with E-state index in [1.807, 2.05) is 6.92 Å². The van der Waals surface area contributed by atoms with Gasteiger partial charge in [0.25, 0.3) is 5.91 Å². The number of Topliss-reactive ketones (excluding diaryl/α,β-unsaturated/α-hetero) is 1. The molecule has 2 aromatic rings. The van der Waals surface area contributed by atoms with Crippen molar-refractivity contribution in [2.45, 2.75) is 26.2 Å². The number of carbonyl (C=O) groups excluding carboxylic acids is 3. The third-order valence-electron chi connectivity index (χ3n) is 4.51. The minimum absolute atomic E-state index is 0.0977. The van der Waals surface area contributed by atoms with Crippen LogP contribution in [0.25, 0.3) is 0 Å². The highest BCUT2D eigenvalue weighted by molar-refractivity contribution is 7.16. The third-order valence-corrected chi connectivity index (χ3v) is 5.83. The number of rotatable bonds is 6. The molecule has 1 amide bonds. The minimum Gasteiger partial charge on any atom is -0.465 e. The molecule has 3 rings (SSSR count). The quantitative estimate of drug-likeness (QED) is 0.601. The number of benzene rings is 1. The van der Waals surface area contributed by atoms with E-state index in [0.29, 0.717) is 23.5 Å². The van der Waals surface area contributed by atoms with E-state index in [4.69, 9.17) is 19.9 Å². The van der Waals surface area contributed by atoms with Crippen LogP contribution in [0.15, 0.2) is 18.2 Å². The predicted octanol–water partition coefficient (Wildman–Crippen LogP) is 3.05. The summed E-state index contributed by atoms with van der Waals surface area (Å²) in [4.78, 5) is 37.6. The van der Waals surface area contributed by atoms with E-state index in [0.717, 1.165) is 16.9 Å². The molecule has 27 heavy (non-hydrogen) atoms. The van der Waals surface area contributed by atoms with Gasteiger partial charge in [0.05, 0.1) is 22.4 Å². The zero-order valence-corrected chi connectivity index (χ0v) is 16.0. The highest BCUT2D eigenvalue weighted by Crippen LogP contribution is 2.38. The van der Waals surface area contributed by atoms with Crippen LogP contribution < -0.4 is 15.2 Å². The van der Waals surface area contributed by atoms with E-state index >= 15 is 0 Å². The molecular weight excluding hydrogens is 370 g/mol. The molecule has 0 saturated heterocycles. The zero-order valence-electron chi connectivity index (χ0n) is 15.2. The average Bonchev–Trinajstić information content (AvgIpc) is 3.25. The number of nitrogens with two attached hydrogens (primary N) is 1. The Morgan fingerprint density at radius 2 is 1.93 bits per heavy atom. The van der Waals surface area contributed by atoms with Crippen LogP contribution in [0.5, 0.6) is 11.5 Å². The van der Waals surface area contributed by atoms with Crippen LogP contribution in [0.4, 0.5) is 0 Å². The van der Waals surface area contributed by atoms with Crippen molar-refractivity contribution in [2.24, 2.45) is 5.73 Å². The van der Waals surface area contributed by atoms with Gasteiger partial charge in [-0.15, -0.1) is 11.3 Å². The summed E-state index contributed by atoms with van der Waals surface area (Å²) < 4.78 is 15.5. The molecule has 0 aliphatic carbocycles. The number of ketones is 1. The van der Waals surface area contributed by atoms with Crippen LogP contribution in [0, 0.1) is 6.92 Å². The number of esters is 1. The van der Waals surface area contributed by atoms with E-state index in [-0.39, 0.29) is 27.9 Å². The molecule has 7 nitrogen and oxygen atoms in total. The summed E-state index contributed by atoms with van der Waals surface area (Å²) in [5, 5.41) is 0. The molecule has 1 aromatic carbocycles. The maximum Gasteiger partial charge on any atom is 0.339 e. The van der Waals surface area contributed by atoms with Crippen LogP contribution in [0.2, 0.25) is 0 Å². The Hall–Kier alpha value is -2.87. The molecule has 0 spiro atoms. The van der Waals surface area contributed by atoms with Gasteiger partial charge in [-0.2, -0.15) is 0 Å².